The largest absolute Gasteiger partial charge is 0.351 e. The van der Waals surface area contributed by atoms with Gasteiger partial charge in [0.15, 0.2) is 5.69 Å². The van der Waals surface area contributed by atoms with Crippen molar-refractivity contribution < 1.29 is 9.59 Å². The van der Waals surface area contributed by atoms with E-state index in [0.717, 1.165) is 68.6 Å². The Labute approximate surface area is 292 Å². The molecule has 10 heteroatoms. The van der Waals surface area contributed by atoms with Gasteiger partial charge in [0.2, 0.25) is 5.91 Å². The van der Waals surface area contributed by atoms with E-state index in [1.54, 1.807) is 35.0 Å². The van der Waals surface area contributed by atoms with E-state index in [1.807, 2.05) is 26.0 Å². The van der Waals surface area contributed by atoms with Gasteiger partial charge >= 0.3 is 0 Å². The number of carbonyl (C=O) groups is 2. The van der Waals surface area contributed by atoms with Crippen molar-refractivity contribution in [3.8, 4) is 16.9 Å². The van der Waals surface area contributed by atoms with Crippen molar-refractivity contribution in [3.63, 3.8) is 0 Å². The highest BCUT2D eigenvalue weighted by Gasteiger charge is 2.27. The van der Waals surface area contributed by atoms with E-state index in [-0.39, 0.29) is 17.9 Å². The van der Waals surface area contributed by atoms with E-state index < -0.39 is 0 Å². The van der Waals surface area contributed by atoms with E-state index >= 15 is 0 Å². The van der Waals surface area contributed by atoms with Crippen LogP contribution in [0, 0.1) is 6.92 Å². The fourth-order valence-electron chi connectivity index (χ4n) is 6.28. The highest BCUT2D eigenvalue weighted by Crippen LogP contribution is 2.33. The van der Waals surface area contributed by atoms with Crippen LogP contribution >= 0.6 is 34.8 Å². The highest BCUT2D eigenvalue weighted by atomic mass is 35.5. The van der Waals surface area contributed by atoms with Gasteiger partial charge in [-0.2, -0.15) is 5.10 Å². The molecule has 0 spiro atoms. The minimum Gasteiger partial charge on any atom is -0.351 e. The molecule has 0 unspecified atom stereocenters. The lowest BCUT2D eigenvalue weighted by molar-refractivity contribution is -0.134. The van der Waals surface area contributed by atoms with Gasteiger partial charge in [0.25, 0.3) is 5.91 Å². The Morgan fingerprint density at radius 3 is 2.32 bits per heavy atom. The molecule has 248 valence electrons. The van der Waals surface area contributed by atoms with Gasteiger partial charge in [-0.25, -0.2) is 4.68 Å². The first kappa shape index (κ1) is 35.0. The minimum atomic E-state index is -0.258. The van der Waals surface area contributed by atoms with Crippen molar-refractivity contribution in [2.45, 2.75) is 58.4 Å². The molecule has 1 N–H and O–H groups in total. The molecule has 0 aliphatic carbocycles. The van der Waals surface area contributed by atoms with Crippen molar-refractivity contribution in [2.75, 3.05) is 32.7 Å². The van der Waals surface area contributed by atoms with Crippen LogP contribution in [0.2, 0.25) is 15.1 Å². The van der Waals surface area contributed by atoms with E-state index in [4.69, 9.17) is 39.9 Å². The summed E-state index contributed by atoms with van der Waals surface area (Å²) in [5.41, 5.74) is 4.63. The number of nitrogens with one attached hydrogen (secondary N) is 1. The summed E-state index contributed by atoms with van der Waals surface area (Å²) < 4.78 is 1.69. The first-order valence-corrected chi connectivity index (χ1v) is 17.5. The summed E-state index contributed by atoms with van der Waals surface area (Å²) in [6.07, 6.45) is 5.10. The standard InChI is InChI=1S/C37H42Cl3N5O2/c1-3-34(46)44(31-18-23-43(24-19-31)22-17-27-9-5-4-6-10-27)21-8-7-20-41-37(47)35-26(2)36(28-11-13-29(38)14-12-28)45(42-35)33-16-15-30(39)25-32(33)40/h4-6,9-16,25,31H,3,7-8,17-24H2,1-2H3,(H,41,47). The number of halogens is 3. The van der Waals surface area contributed by atoms with Gasteiger partial charge in [0, 0.05) is 66.4 Å². The number of rotatable bonds is 13. The molecule has 1 fully saturated rings. The fourth-order valence-corrected chi connectivity index (χ4v) is 6.89. The zero-order chi connectivity index (χ0) is 33.3. The maximum Gasteiger partial charge on any atom is 0.272 e. The topological polar surface area (TPSA) is 70.5 Å². The van der Waals surface area contributed by atoms with Crippen molar-refractivity contribution in [2.24, 2.45) is 0 Å². The summed E-state index contributed by atoms with van der Waals surface area (Å²) in [5, 5.41) is 9.31. The molecule has 1 saturated heterocycles. The van der Waals surface area contributed by atoms with E-state index in [2.05, 4.69) is 45.4 Å². The number of hydrogen-bond donors (Lipinski definition) is 1. The quantitative estimate of drug-likeness (QED) is 0.143. The smallest absolute Gasteiger partial charge is 0.272 e. The summed E-state index contributed by atoms with van der Waals surface area (Å²) in [4.78, 5) is 31.0. The Balaban J connectivity index is 1.17. The van der Waals surface area contributed by atoms with Gasteiger partial charge in [0.05, 0.1) is 16.4 Å². The number of benzene rings is 3. The van der Waals surface area contributed by atoms with Crippen LogP contribution in [0.5, 0.6) is 0 Å². The van der Waals surface area contributed by atoms with Crippen LogP contribution in [0.4, 0.5) is 0 Å². The third kappa shape index (κ3) is 8.96. The van der Waals surface area contributed by atoms with Crippen LogP contribution in [0.25, 0.3) is 16.9 Å². The maximum absolute atomic E-state index is 13.4. The first-order valence-electron chi connectivity index (χ1n) is 16.4. The molecule has 5 rings (SSSR count). The molecular weight excluding hydrogens is 653 g/mol. The first-order chi connectivity index (χ1) is 22.7. The third-order valence-electron chi connectivity index (χ3n) is 8.88. The van der Waals surface area contributed by atoms with E-state index in [9.17, 15) is 9.59 Å². The van der Waals surface area contributed by atoms with Crippen LogP contribution in [0.15, 0.2) is 72.8 Å². The summed E-state index contributed by atoms with van der Waals surface area (Å²) in [5.74, 6) is -0.0561. The molecule has 47 heavy (non-hydrogen) atoms. The number of aromatic nitrogens is 2. The highest BCUT2D eigenvalue weighted by molar-refractivity contribution is 6.35. The second-order valence-corrected chi connectivity index (χ2v) is 13.3. The van der Waals surface area contributed by atoms with Gasteiger partial charge in [-0.05, 0) is 74.9 Å². The predicted molar refractivity (Wildman–Crippen MR) is 192 cm³/mol. The molecule has 4 aromatic rings. The number of hydrogen-bond acceptors (Lipinski definition) is 4. The van der Waals surface area contributed by atoms with Gasteiger partial charge in [-0.15, -0.1) is 0 Å². The molecule has 3 aromatic carbocycles. The Bertz CT molecular complexity index is 1650. The second-order valence-electron chi connectivity index (χ2n) is 12.0. The average molecular weight is 695 g/mol. The Kier molecular flexibility index (Phi) is 12.4. The van der Waals surface area contributed by atoms with Crippen molar-refractivity contribution in [3.05, 3.63) is 105 Å². The van der Waals surface area contributed by atoms with Crippen LogP contribution in [-0.2, 0) is 11.2 Å². The zero-order valence-corrected chi connectivity index (χ0v) is 29.3. The summed E-state index contributed by atoms with van der Waals surface area (Å²) >= 11 is 18.9. The average Bonchev–Trinajstić information content (AvgIpc) is 3.42. The predicted octanol–water partition coefficient (Wildman–Crippen LogP) is 8.26. The zero-order valence-electron chi connectivity index (χ0n) is 27.0. The third-order valence-corrected chi connectivity index (χ3v) is 9.67. The Morgan fingerprint density at radius 1 is 0.936 bits per heavy atom. The number of amides is 2. The lowest BCUT2D eigenvalue weighted by Gasteiger charge is -2.38. The Hall–Kier alpha value is -3.36. The van der Waals surface area contributed by atoms with Crippen LogP contribution in [0.1, 0.15) is 60.6 Å². The molecule has 2 amide bonds. The molecular formula is C37H42Cl3N5O2. The second kappa shape index (κ2) is 16.6. The van der Waals surface area contributed by atoms with Gasteiger partial charge in [-0.1, -0.05) is 84.2 Å². The SMILES string of the molecule is CCC(=O)N(CCCCNC(=O)c1nn(-c2ccc(Cl)cc2Cl)c(-c2ccc(Cl)cc2)c1C)C1CCN(CCc2ccccc2)CC1. The van der Waals surface area contributed by atoms with Crippen molar-refractivity contribution in [1.82, 2.24) is 24.9 Å². The number of likely N-dealkylation sites (tertiary alicyclic amines) is 1. The molecule has 0 bridgehead atoms. The molecule has 0 saturated carbocycles. The molecule has 2 heterocycles. The van der Waals surface area contributed by atoms with E-state index in [0.29, 0.717) is 46.0 Å². The number of piperidine rings is 1. The molecule has 1 aliphatic rings. The lowest BCUT2D eigenvalue weighted by Crippen LogP contribution is -2.48. The van der Waals surface area contributed by atoms with Crippen LogP contribution < -0.4 is 5.32 Å². The Morgan fingerprint density at radius 2 is 1.64 bits per heavy atom. The maximum atomic E-state index is 13.4. The summed E-state index contributed by atoms with van der Waals surface area (Å²) in [6.45, 7) is 8.05. The number of unbranched alkanes of at least 4 members (excludes halogenated alkanes) is 1. The fraction of sp³-hybridized carbons (Fsp3) is 0.378. The van der Waals surface area contributed by atoms with Crippen LogP contribution in [-0.4, -0.2) is 70.2 Å². The summed E-state index contributed by atoms with van der Waals surface area (Å²) in [6, 6.07) is 23.4. The molecule has 0 atom stereocenters. The molecule has 7 nitrogen and oxygen atoms in total. The lowest BCUT2D eigenvalue weighted by atomic mass is 10.0. The monoisotopic (exact) mass is 693 g/mol. The molecule has 0 radical (unpaired) electrons. The molecule has 1 aliphatic heterocycles. The van der Waals surface area contributed by atoms with Gasteiger partial charge in [0.1, 0.15) is 0 Å². The normalized spacial score (nSPS) is 13.9. The van der Waals surface area contributed by atoms with Crippen LogP contribution in [0.3, 0.4) is 0 Å². The number of carbonyl (C=O) groups excluding carboxylic acids is 2. The van der Waals surface area contributed by atoms with E-state index in [1.165, 1.54) is 5.56 Å². The van der Waals surface area contributed by atoms with Crippen molar-refractivity contribution >= 4 is 46.6 Å². The minimum absolute atomic E-state index is 0.202. The summed E-state index contributed by atoms with van der Waals surface area (Å²) in [7, 11) is 0. The van der Waals surface area contributed by atoms with Gasteiger partial charge in [-0.3, -0.25) is 9.59 Å². The van der Waals surface area contributed by atoms with Gasteiger partial charge < -0.3 is 15.1 Å². The number of nitrogens with zero attached hydrogens (tertiary/aromatic N) is 4. The van der Waals surface area contributed by atoms with Crippen molar-refractivity contribution in [1.29, 1.82) is 0 Å². The molecule has 1 aromatic heterocycles.